The summed E-state index contributed by atoms with van der Waals surface area (Å²) in [6.45, 7) is 0. The standard InChI is InChI=1S/C22H29N5O11/c23-12(5-6-16(24)29)19(34)25-13(8-17(30)31)20(35)26-14(9-18(32)33)21(36)27-15(22(37)38)7-10-1-3-11(28)4-2-10/h1-4,12-15,28H,5-9,23H2,(H2,24,29)(H,25,34)(H,26,35)(H,27,36)(H,30,31)(H,32,33)(H,37,38). The van der Waals surface area contributed by atoms with E-state index in [0.29, 0.717) is 5.56 Å². The highest BCUT2D eigenvalue weighted by Crippen LogP contribution is 2.12. The van der Waals surface area contributed by atoms with Crippen LogP contribution in [0, 0.1) is 0 Å². The van der Waals surface area contributed by atoms with E-state index in [1.54, 1.807) is 0 Å². The Bertz CT molecular complexity index is 1060. The molecule has 208 valence electrons. The van der Waals surface area contributed by atoms with Crippen molar-refractivity contribution >= 4 is 41.5 Å². The third kappa shape index (κ3) is 11.3. The van der Waals surface area contributed by atoms with Crippen molar-refractivity contribution < 1.29 is 54.0 Å². The predicted molar refractivity (Wildman–Crippen MR) is 126 cm³/mol. The molecule has 1 rings (SSSR count). The molecule has 0 bridgehead atoms. The second-order valence-corrected chi connectivity index (χ2v) is 8.20. The van der Waals surface area contributed by atoms with Crippen LogP contribution in [0.25, 0.3) is 0 Å². The summed E-state index contributed by atoms with van der Waals surface area (Å²) in [6, 6.07) is -1.14. The monoisotopic (exact) mass is 539 g/mol. The van der Waals surface area contributed by atoms with E-state index < -0.39 is 78.5 Å². The van der Waals surface area contributed by atoms with Gasteiger partial charge in [0.05, 0.1) is 18.9 Å². The Balaban J connectivity index is 3.02. The van der Waals surface area contributed by atoms with Crippen molar-refractivity contribution in [1.82, 2.24) is 16.0 Å². The van der Waals surface area contributed by atoms with Gasteiger partial charge in [0, 0.05) is 12.8 Å². The molecular formula is C22H29N5O11. The van der Waals surface area contributed by atoms with Crippen molar-refractivity contribution in [3.63, 3.8) is 0 Å². The minimum absolute atomic E-state index is 0.0780. The van der Waals surface area contributed by atoms with Gasteiger partial charge in [-0.15, -0.1) is 0 Å². The lowest BCUT2D eigenvalue weighted by Gasteiger charge is -2.24. The van der Waals surface area contributed by atoms with Gasteiger partial charge in [0.1, 0.15) is 23.9 Å². The number of phenols is 1. The number of aromatic hydroxyl groups is 1. The Morgan fingerprint density at radius 1 is 0.737 bits per heavy atom. The van der Waals surface area contributed by atoms with Gasteiger partial charge in [-0.1, -0.05) is 12.1 Å². The maximum absolute atomic E-state index is 12.7. The van der Waals surface area contributed by atoms with Crippen LogP contribution in [0.5, 0.6) is 5.75 Å². The summed E-state index contributed by atoms with van der Waals surface area (Å²) < 4.78 is 0. The first-order chi connectivity index (χ1) is 17.7. The summed E-state index contributed by atoms with van der Waals surface area (Å²) in [5, 5.41) is 43.3. The Kier molecular flexibility index (Phi) is 12.1. The molecule has 1 aromatic rings. The molecule has 0 heterocycles. The number of hydrogen-bond acceptors (Lipinski definition) is 9. The van der Waals surface area contributed by atoms with Gasteiger partial charge in [0.15, 0.2) is 0 Å². The number of amides is 4. The van der Waals surface area contributed by atoms with Crippen LogP contribution in [0.4, 0.5) is 0 Å². The molecule has 0 saturated carbocycles. The molecule has 0 aliphatic heterocycles. The zero-order chi connectivity index (χ0) is 29.0. The smallest absolute Gasteiger partial charge is 0.326 e. The SMILES string of the molecule is NC(=O)CCC(N)C(=O)NC(CC(=O)O)C(=O)NC(CC(=O)O)C(=O)NC(Cc1ccc(O)cc1)C(=O)O. The summed E-state index contributed by atoms with van der Waals surface area (Å²) in [6.07, 6.45) is -2.70. The zero-order valence-corrected chi connectivity index (χ0v) is 20.0. The van der Waals surface area contributed by atoms with Crippen LogP contribution < -0.4 is 27.4 Å². The average molecular weight is 539 g/mol. The van der Waals surface area contributed by atoms with E-state index in [-0.39, 0.29) is 25.0 Å². The summed E-state index contributed by atoms with van der Waals surface area (Å²) in [4.78, 5) is 82.7. The first-order valence-electron chi connectivity index (χ1n) is 11.1. The van der Waals surface area contributed by atoms with Crippen LogP contribution >= 0.6 is 0 Å². The van der Waals surface area contributed by atoms with Crippen molar-refractivity contribution in [3.05, 3.63) is 29.8 Å². The van der Waals surface area contributed by atoms with Gasteiger partial charge >= 0.3 is 17.9 Å². The van der Waals surface area contributed by atoms with E-state index in [9.17, 15) is 43.8 Å². The fourth-order valence-electron chi connectivity index (χ4n) is 3.09. The van der Waals surface area contributed by atoms with Crippen LogP contribution in [0.1, 0.15) is 31.2 Å². The molecule has 0 radical (unpaired) electrons. The van der Waals surface area contributed by atoms with Gasteiger partial charge in [0.25, 0.3) is 0 Å². The highest BCUT2D eigenvalue weighted by Gasteiger charge is 2.32. The predicted octanol–water partition coefficient (Wildman–Crippen LogP) is -2.98. The molecule has 38 heavy (non-hydrogen) atoms. The Morgan fingerprint density at radius 2 is 1.18 bits per heavy atom. The number of hydrogen-bond donors (Lipinski definition) is 9. The van der Waals surface area contributed by atoms with E-state index in [1.165, 1.54) is 24.3 Å². The molecule has 0 aliphatic carbocycles. The van der Waals surface area contributed by atoms with Crippen LogP contribution in [0.2, 0.25) is 0 Å². The van der Waals surface area contributed by atoms with Crippen molar-refractivity contribution in [3.8, 4) is 5.75 Å². The first kappa shape index (κ1) is 31.3. The largest absolute Gasteiger partial charge is 0.508 e. The Hall–Kier alpha value is -4.73. The molecule has 0 aliphatic rings. The molecule has 0 fully saturated rings. The second kappa shape index (κ2) is 14.7. The van der Waals surface area contributed by atoms with E-state index >= 15 is 0 Å². The number of carbonyl (C=O) groups is 7. The van der Waals surface area contributed by atoms with E-state index in [4.69, 9.17) is 21.7 Å². The van der Waals surface area contributed by atoms with Crippen LogP contribution in [0.3, 0.4) is 0 Å². The van der Waals surface area contributed by atoms with Crippen molar-refractivity contribution in [2.24, 2.45) is 11.5 Å². The second-order valence-electron chi connectivity index (χ2n) is 8.20. The number of carboxylic acid groups (broad SMARTS) is 3. The van der Waals surface area contributed by atoms with Gasteiger partial charge in [-0.2, -0.15) is 0 Å². The number of rotatable bonds is 16. The average Bonchev–Trinajstić information content (AvgIpc) is 2.81. The maximum Gasteiger partial charge on any atom is 0.326 e. The quantitative estimate of drug-likeness (QED) is 0.102. The topological polar surface area (TPSA) is 289 Å². The zero-order valence-electron chi connectivity index (χ0n) is 20.0. The van der Waals surface area contributed by atoms with Gasteiger partial charge in [-0.3, -0.25) is 28.8 Å². The minimum Gasteiger partial charge on any atom is -0.508 e. The minimum atomic E-state index is -1.85. The molecule has 0 aromatic heterocycles. The molecule has 4 amide bonds. The Morgan fingerprint density at radius 3 is 1.61 bits per heavy atom. The molecular weight excluding hydrogens is 510 g/mol. The first-order valence-corrected chi connectivity index (χ1v) is 11.1. The lowest BCUT2D eigenvalue weighted by Crippen LogP contribution is -2.58. The highest BCUT2D eigenvalue weighted by atomic mass is 16.4. The third-order valence-corrected chi connectivity index (χ3v) is 5.05. The number of carbonyl (C=O) groups excluding carboxylic acids is 4. The number of carboxylic acids is 3. The summed E-state index contributed by atoms with van der Waals surface area (Å²) in [5.41, 5.74) is 11.0. The van der Waals surface area contributed by atoms with Crippen LogP contribution in [-0.2, 0) is 40.0 Å². The molecule has 16 heteroatoms. The number of phenolic OH excluding ortho intramolecular Hbond substituents is 1. The molecule has 4 atom stereocenters. The molecule has 1 aromatic carbocycles. The molecule has 16 nitrogen and oxygen atoms in total. The lowest BCUT2D eigenvalue weighted by molar-refractivity contribution is -0.145. The molecule has 0 spiro atoms. The highest BCUT2D eigenvalue weighted by molar-refractivity contribution is 5.97. The van der Waals surface area contributed by atoms with Crippen molar-refractivity contribution in [2.45, 2.75) is 56.3 Å². The number of aliphatic carboxylic acids is 3. The van der Waals surface area contributed by atoms with Crippen molar-refractivity contribution in [1.29, 1.82) is 0 Å². The summed E-state index contributed by atoms with van der Waals surface area (Å²) in [5.74, 6) is -8.86. The number of nitrogens with two attached hydrogens (primary N) is 2. The summed E-state index contributed by atoms with van der Waals surface area (Å²) in [7, 11) is 0. The molecule has 0 saturated heterocycles. The molecule has 4 unspecified atom stereocenters. The Labute approximate surface area is 215 Å². The summed E-state index contributed by atoms with van der Waals surface area (Å²) >= 11 is 0. The maximum atomic E-state index is 12.7. The van der Waals surface area contributed by atoms with E-state index in [2.05, 4.69) is 10.6 Å². The fourth-order valence-corrected chi connectivity index (χ4v) is 3.09. The van der Waals surface area contributed by atoms with Gasteiger partial charge in [-0.25, -0.2) is 4.79 Å². The van der Waals surface area contributed by atoms with Crippen molar-refractivity contribution in [2.75, 3.05) is 0 Å². The van der Waals surface area contributed by atoms with Gasteiger partial charge in [-0.05, 0) is 24.1 Å². The molecule has 11 N–H and O–H groups in total. The van der Waals surface area contributed by atoms with Gasteiger partial charge < -0.3 is 47.8 Å². The number of primary amides is 1. The normalized spacial score (nSPS) is 13.7. The van der Waals surface area contributed by atoms with Crippen LogP contribution in [-0.4, -0.2) is 86.1 Å². The van der Waals surface area contributed by atoms with E-state index in [0.717, 1.165) is 0 Å². The van der Waals surface area contributed by atoms with Crippen LogP contribution in [0.15, 0.2) is 24.3 Å². The fraction of sp³-hybridized carbons (Fsp3) is 0.409. The van der Waals surface area contributed by atoms with Gasteiger partial charge in [0.2, 0.25) is 23.6 Å². The lowest BCUT2D eigenvalue weighted by atomic mass is 10.0. The number of benzene rings is 1. The third-order valence-electron chi connectivity index (χ3n) is 5.05. The van der Waals surface area contributed by atoms with E-state index in [1.807, 2.05) is 5.32 Å². The number of nitrogens with one attached hydrogen (secondary N) is 3.